The number of aromatic nitrogens is 6. The molecule has 0 bridgehead atoms. The van der Waals surface area contributed by atoms with Gasteiger partial charge in [-0.05, 0) is 134 Å². The smallest absolute Gasteiger partial charge is 0.444 e. The maximum absolute atomic E-state index is 14.3. The van der Waals surface area contributed by atoms with Crippen molar-refractivity contribution in [2.75, 3.05) is 36.0 Å². The number of amides is 5. The first kappa shape index (κ1) is 66.1. The zero-order chi connectivity index (χ0) is 67.6. The first-order chi connectivity index (χ1) is 45.0. The van der Waals surface area contributed by atoms with Gasteiger partial charge in [0.1, 0.15) is 22.5 Å². The van der Waals surface area contributed by atoms with Crippen LogP contribution in [-0.4, -0.2) is 129 Å². The van der Waals surface area contributed by atoms with Gasteiger partial charge in [-0.1, -0.05) is 60.7 Å². The van der Waals surface area contributed by atoms with Gasteiger partial charge in [-0.25, -0.2) is 4.79 Å². The van der Waals surface area contributed by atoms with Crippen LogP contribution in [0, 0.1) is 0 Å². The Balaban J connectivity index is 0.000000153. The van der Waals surface area contributed by atoms with Crippen molar-refractivity contribution in [2.45, 2.75) is 125 Å². The second-order valence-electron chi connectivity index (χ2n) is 25.7. The summed E-state index contributed by atoms with van der Waals surface area (Å²) < 4.78 is 81.8. The van der Waals surface area contributed by atoms with E-state index in [0.29, 0.717) is 113 Å². The molecule has 95 heavy (non-hydrogen) atoms. The van der Waals surface area contributed by atoms with Crippen molar-refractivity contribution in [1.29, 1.82) is 0 Å². The van der Waals surface area contributed by atoms with Gasteiger partial charge in [0.2, 0.25) is 23.6 Å². The molecule has 4 fully saturated rings. The van der Waals surface area contributed by atoms with Gasteiger partial charge in [-0.15, -0.1) is 0 Å². The number of hydrogen-bond acceptors (Lipinski definition) is 15. The number of halogens is 7. The minimum absolute atomic E-state index is 0.0115. The van der Waals surface area contributed by atoms with E-state index in [1.54, 1.807) is 71.4 Å². The normalized spacial score (nSPS) is 17.9. The average Bonchev–Trinajstić information content (AvgIpc) is 1.59. The van der Waals surface area contributed by atoms with Gasteiger partial charge in [0.25, 0.3) is 0 Å². The largest absolute Gasteiger partial charge is 0.490 e. The number of pyridine rings is 6. The van der Waals surface area contributed by atoms with Gasteiger partial charge >= 0.3 is 25.6 Å². The van der Waals surface area contributed by atoms with E-state index in [1.807, 2.05) is 66.9 Å². The number of anilines is 2. The summed E-state index contributed by atoms with van der Waals surface area (Å²) in [7, 11) is -1.80. The monoisotopic (exact) mass is 1370 g/mol. The number of piperidine rings is 2. The van der Waals surface area contributed by atoms with E-state index < -0.39 is 64.5 Å². The Morgan fingerprint density at radius 3 is 1.56 bits per heavy atom. The summed E-state index contributed by atoms with van der Waals surface area (Å²) in [6.45, 7) is 7.49. The number of carbonyl (C=O) groups is 5. The number of fused-ring (bicyclic) bond motifs is 6. The minimum Gasteiger partial charge on any atom is -0.444 e. The number of benzene rings is 2. The molecule has 28 heteroatoms. The first-order valence-corrected chi connectivity index (χ1v) is 31.6. The predicted molar refractivity (Wildman–Crippen MR) is 342 cm³/mol. The molecule has 20 nitrogen and oxygen atoms in total. The number of carbonyl (C=O) groups excluding carboxylic acids is 5. The highest BCUT2D eigenvalue weighted by atomic mass is 79.9. The number of nitrogens with one attached hydrogen (secondary N) is 1. The Morgan fingerprint density at radius 1 is 0.600 bits per heavy atom. The molecule has 6 aromatic heterocycles. The highest BCUT2D eigenvalue weighted by Crippen LogP contribution is 2.52. The third-order valence-electron chi connectivity index (χ3n) is 18.5. The molecule has 6 aliphatic rings. The van der Waals surface area contributed by atoms with E-state index in [0.717, 1.165) is 66.9 Å². The van der Waals surface area contributed by atoms with Crippen LogP contribution in [-0.2, 0) is 60.2 Å². The summed E-state index contributed by atoms with van der Waals surface area (Å²) in [6.07, 6.45) is 7.14. The summed E-state index contributed by atoms with van der Waals surface area (Å²) in [6, 6.07) is 23.3. The van der Waals surface area contributed by atoms with Crippen LogP contribution < -0.4 is 26.3 Å². The van der Waals surface area contributed by atoms with E-state index in [2.05, 4.69) is 46.2 Å². The second kappa shape index (κ2) is 25.0. The zero-order valence-electron chi connectivity index (χ0n) is 51.7. The molecule has 0 radical (unpaired) electrons. The summed E-state index contributed by atoms with van der Waals surface area (Å²) in [5, 5.41) is 23.6. The standard InChI is InChI=1S/C31H27F3N6O2.C30H32BrN5O4.C6H5BF3NO2/c32-31(33,34)25-6-5-20(16-38-25)26-21-4-2-1-3-19(21)15-37-23(26)18-40-24-17-36-12-7-22(24)29(27(40)41)10-13-39(14-11-29)28(42)30(35)8-9-30;1-28(2,3)40-27(39)34-30(9-10-30)26(38)35-14-11-29(12-15-35)21-8-13-32-17-23(21)36(25(29)37)18-22-24(31)20-7-5-4-6-19(20)16-33-22;8-6(9,10)5-2-1-4(3-11-5)7(12)13/h1-7,12,15-17H,8-11,13-14,18,35H2;4-8,13,16-17H,9-12,14-15,18H2,1-3H3,(H,34,39);1-3,12-13H. The third-order valence-corrected chi connectivity index (χ3v) is 19.4. The number of rotatable bonds is 9. The fourth-order valence-electron chi connectivity index (χ4n) is 13.1. The lowest BCUT2D eigenvalue weighted by Gasteiger charge is -2.40. The zero-order valence-corrected chi connectivity index (χ0v) is 53.3. The number of ether oxygens (including phenoxy) is 1. The molecule has 10 heterocycles. The van der Waals surface area contributed by atoms with Crippen molar-refractivity contribution in [1.82, 2.24) is 45.0 Å². The van der Waals surface area contributed by atoms with Crippen LogP contribution in [0.1, 0.15) is 106 Å². The highest BCUT2D eigenvalue weighted by Gasteiger charge is 2.58. The molecule has 492 valence electrons. The molecule has 8 aromatic rings. The molecule has 5 amide bonds. The Hall–Kier alpha value is -8.99. The van der Waals surface area contributed by atoms with Crippen molar-refractivity contribution >= 4 is 91.2 Å². The van der Waals surface area contributed by atoms with Gasteiger partial charge in [-0.2, -0.15) is 26.3 Å². The first-order valence-electron chi connectivity index (χ1n) is 30.8. The van der Waals surface area contributed by atoms with Crippen molar-refractivity contribution in [3.8, 4) is 11.1 Å². The number of alkyl halides is 6. The quantitative estimate of drug-likeness (QED) is 0.0775. The van der Waals surface area contributed by atoms with Crippen molar-refractivity contribution in [3.05, 3.63) is 173 Å². The predicted octanol–water partition coefficient (Wildman–Crippen LogP) is 9.25. The van der Waals surface area contributed by atoms with E-state index in [9.17, 15) is 50.3 Å². The van der Waals surface area contributed by atoms with E-state index in [4.69, 9.17) is 25.5 Å². The molecule has 2 aliphatic carbocycles. The lowest BCUT2D eigenvalue weighted by molar-refractivity contribution is -0.141. The lowest BCUT2D eigenvalue weighted by Crippen LogP contribution is -2.56. The van der Waals surface area contributed by atoms with Gasteiger partial charge in [-0.3, -0.25) is 49.1 Å². The molecule has 4 aliphatic heterocycles. The molecule has 14 rings (SSSR count). The van der Waals surface area contributed by atoms with Crippen molar-refractivity contribution < 1.29 is 65.1 Å². The van der Waals surface area contributed by atoms with Crippen LogP contribution in [0.2, 0.25) is 0 Å². The molecule has 2 saturated heterocycles. The van der Waals surface area contributed by atoms with Gasteiger partial charge in [0, 0.05) is 95.2 Å². The van der Waals surface area contributed by atoms with Gasteiger partial charge in [0.05, 0.1) is 64.6 Å². The number of hydrogen-bond donors (Lipinski definition) is 4. The SMILES string of the molecule is CC(C)(C)OC(=O)NC1(C(=O)N2CCC3(CC2)C(=O)N(Cc2ncc4ccccc4c2Br)c2cnccc23)CC1.NC1(C(=O)N2CCC3(CC2)C(=O)N(Cc2ncc4ccccc4c2-c2ccc(C(F)(F)F)nc2)c2cnccc23)CC1.OB(O)c1ccc(C(F)(F)F)nc1. The summed E-state index contributed by atoms with van der Waals surface area (Å²) in [5.74, 6) is -0.241. The third kappa shape index (κ3) is 12.9. The fraction of sp³-hybridized carbons (Fsp3) is 0.358. The van der Waals surface area contributed by atoms with E-state index >= 15 is 0 Å². The maximum atomic E-state index is 14.3. The van der Waals surface area contributed by atoms with Crippen molar-refractivity contribution in [3.63, 3.8) is 0 Å². The van der Waals surface area contributed by atoms with Crippen LogP contribution in [0.15, 0.2) is 139 Å². The second-order valence-corrected chi connectivity index (χ2v) is 26.5. The topological polar surface area (TPSA) is 263 Å². The molecular weight excluding hydrogens is 1310 g/mol. The average molecular weight is 1370 g/mol. The van der Waals surface area contributed by atoms with Gasteiger partial charge in [0.15, 0.2) is 0 Å². The lowest BCUT2D eigenvalue weighted by atomic mass is 9.74. The van der Waals surface area contributed by atoms with Crippen LogP contribution in [0.3, 0.4) is 0 Å². The van der Waals surface area contributed by atoms with Crippen LogP contribution >= 0.6 is 15.9 Å². The number of alkyl carbamates (subject to hydrolysis) is 1. The number of likely N-dealkylation sites (tertiary alicyclic amines) is 2. The Kier molecular flexibility index (Phi) is 17.4. The Bertz CT molecular complexity index is 4310. The molecule has 2 aromatic carbocycles. The Labute approximate surface area is 549 Å². The maximum Gasteiger partial charge on any atom is 0.490 e. The number of nitrogens with two attached hydrogens (primary N) is 1. The number of nitrogens with zero attached hydrogens (tertiary/aromatic N) is 10. The van der Waals surface area contributed by atoms with Crippen LogP contribution in [0.25, 0.3) is 32.7 Å². The Morgan fingerprint density at radius 2 is 1.08 bits per heavy atom. The molecule has 0 atom stereocenters. The minimum atomic E-state index is -4.56. The highest BCUT2D eigenvalue weighted by molar-refractivity contribution is 9.10. The summed E-state index contributed by atoms with van der Waals surface area (Å²) in [4.78, 5) is 99.0. The van der Waals surface area contributed by atoms with Gasteiger partial charge < -0.3 is 45.4 Å². The van der Waals surface area contributed by atoms with Crippen molar-refractivity contribution in [2.24, 2.45) is 5.73 Å². The summed E-state index contributed by atoms with van der Waals surface area (Å²) in [5.41, 5.74) is 5.86. The molecular formula is C67H64BBrF6N12O8. The molecule has 0 unspecified atom stereocenters. The van der Waals surface area contributed by atoms with E-state index in [1.165, 1.54) is 12.3 Å². The fourth-order valence-corrected chi connectivity index (χ4v) is 13.7. The van der Waals surface area contributed by atoms with Crippen LogP contribution in [0.5, 0.6) is 0 Å². The van der Waals surface area contributed by atoms with E-state index in [-0.39, 0.29) is 35.6 Å². The van der Waals surface area contributed by atoms with Crippen LogP contribution in [0.4, 0.5) is 42.5 Å². The molecule has 5 N–H and O–H groups in total. The molecule has 2 saturated carbocycles. The summed E-state index contributed by atoms with van der Waals surface area (Å²) >= 11 is 3.72. The molecule has 2 spiro atoms.